The Morgan fingerprint density at radius 1 is 0.963 bits per heavy atom. The Morgan fingerprint density at radius 2 is 1.63 bits per heavy atom. The van der Waals surface area contributed by atoms with E-state index in [9.17, 15) is 16.8 Å². The molecule has 5 nitrogen and oxygen atoms in total. The lowest BCUT2D eigenvalue weighted by Crippen LogP contribution is -2.44. The monoisotopic (exact) mass is 407 g/mol. The van der Waals surface area contributed by atoms with Crippen molar-refractivity contribution < 1.29 is 16.8 Å². The first-order valence-electron chi connectivity index (χ1n) is 9.12. The molecule has 0 amide bonds. The van der Waals surface area contributed by atoms with Crippen molar-refractivity contribution in [1.29, 1.82) is 0 Å². The summed E-state index contributed by atoms with van der Waals surface area (Å²) in [5.74, 6) is -0.466. The van der Waals surface area contributed by atoms with Gasteiger partial charge in [-0.2, -0.15) is 0 Å². The number of hydrogen-bond donors (Lipinski definition) is 1. The van der Waals surface area contributed by atoms with Crippen molar-refractivity contribution in [2.75, 3.05) is 18.1 Å². The quantitative estimate of drug-likeness (QED) is 0.760. The number of rotatable bonds is 7. The Bertz CT molecular complexity index is 968. The molecule has 0 saturated carbocycles. The van der Waals surface area contributed by atoms with E-state index in [0.29, 0.717) is 6.54 Å². The van der Waals surface area contributed by atoms with Gasteiger partial charge in [0.1, 0.15) is 0 Å². The maximum absolute atomic E-state index is 13.1. The second-order valence-corrected chi connectivity index (χ2v) is 11.3. The highest BCUT2D eigenvalue weighted by atomic mass is 32.2. The molecule has 1 N–H and O–H groups in total. The van der Waals surface area contributed by atoms with E-state index in [0.717, 1.165) is 24.0 Å². The molecule has 3 rings (SSSR count). The third-order valence-electron chi connectivity index (χ3n) is 5.02. The molecule has 0 spiro atoms. The van der Waals surface area contributed by atoms with Crippen LogP contribution in [0, 0.1) is 0 Å². The lowest BCUT2D eigenvalue weighted by atomic mass is 10.1. The Hall–Kier alpha value is -1.70. The molecule has 1 aliphatic heterocycles. The van der Waals surface area contributed by atoms with Crippen LogP contribution in [0.1, 0.15) is 18.1 Å². The van der Waals surface area contributed by atoms with E-state index in [-0.39, 0.29) is 16.4 Å². The molecule has 2 aromatic carbocycles. The van der Waals surface area contributed by atoms with Gasteiger partial charge in [0.25, 0.3) is 0 Å². The van der Waals surface area contributed by atoms with Gasteiger partial charge >= 0.3 is 0 Å². The van der Waals surface area contributed by atoms with Crippen LogP contribution >= 0.6 is 0 Å². The molecular formula is C20H25NO4S2. The van der Waals surface area contributed by atoms with Gasteiger partial charge in [-0.1, -0.05) is 49.4 Å². The number of nitrogens with one attached hydrogen (secondary N) is 1. The van der Waals surface area contributed by atoms with E-state index in [1.54, 1.807) is 24.3 Å². The van der Waals surface area contributed by atoms with Crippen molar-refractivity contribution >= 4 is 19.7 Å². The van der Waals surface area contributed by atoms with Crippen molar-refractivity contribution in [2.45, 2.75) is 36.0 Å². The smallest absolute Gasteiger partial charge is 0.183 e. The van der Waals surface area contributed by atoms with Gasteiger partial charge in [0.05, 0.1) is 21.7 Å². The highest BCUT2D eigenvalue weighted by Gasteiger charge is 2.45. The average Bonchev–Trinajstić information content (AvgIpc) is 2.98. The number of benzene rings is 2. The van der Waals surface area contributed by atoms with E-state index in [4.69, 9.17) is 0 Å². The lowest BCUT2D eigenvalue weighted by Gasteiger charge is -2.20. The molecule has 0 bridgehead atoms. The minimum absolute atomic E-state index is 0.140. The highest BCUT2D eigenvalue weighted by Crippen LogP contribution is 2.26. The van der Waals surface area contributed by atoms with Crippen LogP contribution < -0.4 is 5.32 Å². The van der Waals surface area contributed by atoms with E-state index < -0.39 is 31.0 Å². The maximum atomic E-state index is 13.1. The fourth-order valence-electron chi connectivity index (χ4n) is 3.45. The molecule has 0 aromatic heterocycles. The van der Waals surface area contributed by atoms with Crippen LogP contribution in [0.4, 0.5) is 0 Å². The van der Waals surface area contributed by atoms with Crippen LogP contribution in [0.25, 0.3) is 0 Å². The molecule has 0 aliphatic carbocycles. The fourth-order valence-corrected chi connectivity index (χ4v) is 8.16. The van der Waals surface area contributed by atoms with Gasteiger partial charge in [-0.25, -0.2) is 16.8 Å². The largest absolute Gasteiger partial charge is 0.311 e. The van der Waals surface area contributed by atoms with E-state index in [1.807, 2.05) is 37.3 Å². The molecule has 27 heavy (non-hydrogen) atoms. The zero-order chi connectivity index (χ0) is 19.5. The minimum atomic E-state index is -3.72. The first kappa shape index (κ1) is 20.0. The molecule has 0 unspecified atom stereocenters. The summed E-state index contributed by atoms with van der Waals surface area (Å²) in [5, 5.41) is 2.22. The molecule has 146 valence electrons. The Labute approximate surface area is 161 Å². The predicted molar refractivity (Wildman–Crippen MR) is 107 cm³/mol. The first-order valence-corrected chi connectivity index (χ1v) is 12.5. The van der Waals surface area contributed by atoms with Crippen LogP contribution in [-0.2, 0) is 32.5 Å². The highest BCUT2D eigenvalue weighted by molar-refractivity contribution is 7.96. The summed E-state index contributed by atoms with van der Waals surface area (Å²) < 4.78 is 50.4. The molecule has 1 saturated heterocycles. The normalized spacial score (nSPS) is 22.0. The SMILES string of the molecule is CCc1ccc(S(=O)(=O)[C@H]2CS(=O)(=O)C[C@@H]2NCCc2ccccc2)cc1. The summed E-state index contributed by atoms with van der Waals surface area (Å²) in [6.07, 6.45) is 1.54. The molecule has 0 radical (unpaired) electrons. The van der Waals surface area contributed by atoms with Crippen molar-refractivity contribution in [2.24, 2.45) is 0 Å². The summed E-state index contributed by atoms with van der Waals surface area (Å²) in [5.41, 5.74) is 2.17. The Morgan fingerprint density at radius 3 is 2.26 bits per heavy atom. The number of aryl methyl sites for hydroxylation is 1. The summed E-state index contributed by atoms with van der Waals surface area (Å²) in [4.78, 5) is 0.191. The Kier molecular flexibility index (Phi) is 6.03. The molecule has 1 aliphatic rings. The fraction of sp³-hybridized carbons (Fsp3) is 0.400. The zero-order valence-corrected chi connectivity index (χ0v) is 17.0. The van der Waals surface area contributed by atoms with Gasteiger partial charge in [0, 0.05) is 6.04 Å². The topological polar surface area (TPSA) is 80.3 Å². The number of hydrogen-bond acceptors (Lipinski definition) is 5. The average molecular weight is 408 g/mol. The van der Waals surface area contributed by atoms with Gasteiger partial charge in [0.15, 0.2) is 19.7 Å². The molecule has 1 fully saturated rings. The molecule has 2 atom stereocenters. The molecule has 7 heteroatoms. The summed E-state index contributed by atoms with van der Waals surface area (Å²) in [6, 6.07) is 16.0. The van der Waals surface area contributed by atoms with E-state index in [2.05, 4.69) is 5.32 Å². The van der Waals surface area contributed by atoms with Crippen LogP contribution in [-0.4, -0.2) is 46.2 Å². The Balaban J connectivity index is 1.76. The van der Waals surface area contributed by atoms with Crippen LogP contribution in [0.5, 0.6) is 0 Å². The molecule has 1 heterocycles. The van der Waals surface area contributed by atoms with Crippen molar-refractivity contribution in [1.82, 2.24) is 5.32 Å². The van der Waals surface area contributed by atoms with Crippen LogP contribution in [0.15, 0.2) is 59.5 Å². The van der Waals surface area contributed by atoms with Gasteiger partial charge in [-0.15, -0.1) is 0 Å². The standard InChI is InChI=1S/C20H25NO4S2/c1-2-16-8-10-18(11-9-16)27(24,25)20-15-26(22,23)14-19(20)21-13-12-17-6-4-3-5-7-17/h3-11,19-21H,2,12-15H2,1H3/t19-,20-/m0/s1. The van der Waals surface area contributed by atoms with Crippen LogP contribution in [0.2, 0.25) is 0 Å². The van der Waals surface area contributed by atoms with Crippen molar-refractivity contribution in [3.05, 3.63) is 65.7 Å². The minimum Gasteiger partial charge on any atom is -0.311 e. The second-order valence-electron chi connectivity index (χ2n) is 6.95. The van der Waals surface area contributed by atoms with E-state index in [1.165, 1.54) is 0 Å². The number of sulfone groups is 2. The van der Waals surface area contributed by atoms with Gasteiger partial charge < -0.3 is 5.32 Å². The summed E-state index contributed by atoms with van der Waals surface area (Å²) in [7, 11) is -7.11. The summed E-state index contributed by atoms with van der Waals surface area (Å²) >= 11 is 0. The second kappa shape index (κ2) is 8.12. The molecule has 2 aromatic rings. The van der Waals surface area contributed by atoms with Gasteiger partial charge in [-0.05, 0) is 42.6 Å². The first-order chi connectivity index (χ1) is 12.8. The maximum Gasteiger partial charge on any atom is 0.183 e. The third-order valence-corrected chi connectivity index (χ3v) is 9.19. The summed E-state index contributed by atoms with van der Waals surface area (Å²) in [6.45, 7) is 2.53. The van der Waals surface area contributed by atoms with Crippen molar-refractivity contribution in [3.63, 3.8) is 0 Å². The zero-order valence-electron chi connectivity index (χ0n) is 15.3. The van der Waals surface area contributed by atoms with Gasteiger partial charge in [0.2, 0.25) is 0 Å². The third kappa shape index (κ3) is 4.78. The lowest BCUT2D eigenvalue weighted by molar-refractivity contribution is 0.528. The van der Waals surface area contributed by atoms with Crippen molar-refractivity contribution in [3.8, 4) is 0 Å². The van der Waals surface area contributed by atoms with Gasteiger partial charge in [-0.3, -0.25) is 0 Å². The van der Waals surface area contributed by atoms with Crippen LogP contribution in [0.3, 0.4) is 0 Å². The van der Waals surface area contributed by atoms with E-state index >= 15 is 0 Å². The molecular weight excluding hydrogens is 382 g/mol. The predicted octanol–water partition coefficient (Wildman–Crippen LogP) is 2.02.